The minimum atomic E-state index is -0.00479. The molecule has 1 aliphatic carbocycles. The van der Waals surface area contributed by atoms with E-state index in [1.165, 1.54) is 32.1 Å². The first kappa shape index (κ1) is 9.05. The molecule has 0 heterocycles. The predicted molar refractivity (Wildman–Crippen MR) is 48.4 cm³/mol. The van der Waals surface area contributed by atoms with Crippen molar-refractivity contribution in [2.45, 2.75) is 63.8 Å². The van der Waals surface area contributed by atoms with Gasteiger partial charge >= 0.3 is 0 Å². The average molecular weight is 154 g/mol. The van der Waals surface area contributed by atoms with Gasteiger partial charge in [0.05, 0.1) is 0 Å². The van der Waals surface area contributed by atoms with Crippen LogP contribution in [0.1, 0.15) is 58.3 Å². The molecule has 11 heavy (non-hydrogen) atoms. The van der Waals surface area contributed by atoms with Gasteiger partial charge < -0.3 is 0 Å². The summed E-state index contributed by atoms with van der Waals surface area (Å²) < 4.78 is 0. The van der Waals surface area contributed by atoms with Gasteiger partial charge in [-0.25, -0.2) is 0 Å². The molecule has 0 aromatic heterocycles. The number of hydrogen-bond acceptors (Lipinski definition) is 0. The topological polar surface area (TPSA) is 23.8 Å². The van der Waals surface area contributed by atoms with E-state index in [-0.39, 0.29) is 5.54 Å². The van der Waals surface area contributed by atoms with Crippen LogP contribution in [0.15, 0.2) is 0 Å². The van der Waals surface area contributed by atoms with Gasteiger partial charge in [0.1, 0.15) is 0 Å². The number of unbranched alkanes of at least 4 members (excludes halogenated alkanes) is 2. The standard InChI is InChI=1S/C10H20N/c1-2-3-4-7-10(11)8-5-6-9-10/h11H,2-9H2,1H3. The second kappa shape index (κ2) is 4.10. The van der Waals surface area contributed by atoms with Gasteiger partial charge in [-0.2, -0.15) is 0 Å². The quantitative estimate of drug-likeness (QED) is 0.555. The molecule has 0 aromatic rings. The van der Waals surface area contributed by atoms with E-state index in [0.717, 1.165) is 19.3 Å². The Hall–Kier alpha value is -0.0400. The maximum absolute atomic E-state index is 8.06. The summed E-state index contributed by atoms with van der Waals surface area (Å²) >= 11 is 0. The molecule has 1 fully saturated rings. The molecular weight excluding hydrogens is 134 g/mol. The van der Waals surface area contributed by atoms with Crippen LogP contribution < -0.4 is 5.73 Å². The largest absolute Gasteiger partial charge is 0.251 e. The Morgan fingerprint density at radius 3 is 2.36 bits per heavy atom. The van der Waals surface area contributed by atoms with Crippen LogP contribution in [0.3, 0.4) is 0 Å². The SMILES string of the molecule is CCCCCC1([NH])CCCC1. The predicted octanol–water partition coefficient (Wildman–Crippen LogP) is 3.16. The number of hydrogen-bond donors (Lipinski definition) is 0. The van der Waals surface area contributed by atoms with Crippen molar-refractivity contribution in [3.8, 4) is 0 Å². The Balaban J connectivity index is 2.13. The Morgan fingerprint density at radius 1 is 1.18 bits per heavy atom. The van der Waals surface area contributed by atoms with Crippen LogP contribution >= 0.6 is 0 Å². The summed E-state index contributed by atoms with van der Waals surface area (Å²) in [4.78, 5) is 0. The van der Waals surface area contributed by atoms with Gasteiger partial charge in [-0.1, -0.05) is 39.0 Å². The van der Waals surface area contributed by atoms with Crippen molar-refractivity contribution in [2.75, 3.05) is 0 Å². The lowest BCUT2D eigenvalue weighted by atomic mass is 9.92. The highest BCUT2D eigenvalue weighted by atomic mass is 14.7. The van der Waals surface area contributed by atoms with Gasteiger partial charge in [-0.15, -0.1) is 0 Å². The lowest BCUT2D eigenvalue weighted by Gasteiger charge is -2.21. The third kappa shape index (κ3) is 2.82. The molecule has 0 bridgehead atoms. The highest BCUT2D eigenvalue weighted by Gasteiger charge is 2.28. The maximum atomic E-state index is 8.06. The van der Waals surface area contributed by atoms with Gasteiger partial charge in [-0.05, 0) is 19.3 Å². The highest BCUT2D eigenvalue weighted by Crippen LogP contribution is 2.32. The summed E-state index contributed by atoms with van der Waals surface area (Å²) in [5, 5.41) is 0. The van der Waals surface area contributed by atoms with Gasteiger partial charge in [0.2, 0.25) is 0 Å². The van der Waals surface area contributed by atoms with E-state index in [9.17, 15) is 0 Å². The molecule has 1 radical (unpaired) electrons. The molecule has 0 unspecified atom stereocenters. The molecule has 1 N–H and O–H groups in total. The van der Waals surface area contributed by atoms with Crippen LogP contribution in [-0.2, 0) is 0 Å². The molecule has 0 spiro atoms. The second-order valence-electron chi connectivity index (χ2n) is 3.94. The second-order valence-corrected chi connectivity index (χ2v) is 3.94. The van der Waals surface area contributed by atoms with Crippen LogP contribution in [0, 0.1) is 0 Å². The van der Waals surface area contributed by atoms with Crippen LogP contribution in [0.25, 0.3) is 0 Å². The van der Waals surface area contributed by atoms with Crippen molar-refractivity contribution in [2.24, 2.45) is 0 Å². The molecular formula is C10H20N. The molecule has 0 aromatic carbocycles. The monoisotopic (exact) mass is 154 g/mol. The zero-order valence-corrected chi connectivity index (χ0v) is 7.66. The Labute approximate surface area is 70.4 Å². The minimum absolute atomic E-state index is 0.00479. The molecule has 1 saturated carbocycles. The molecule has 0 aliphatic heterocycles. The first-order valence-corrected chi connectivity index (χ1v) is 5.02. The Morgan fingerprint density at radius 2 is 1.82 bits per heavy atom. The highest BCUT2D eigenvalue weighted by molar-refractivity contribution is 4.87. The molecule has 1 aliphatic rings. The Kier molecular flexibility index (Phi) is 3.38. The zero-order valence-electron chi connectivity index (χ0n) is 7.66. The molecule has 0 amide bonds. The fraction of sp³-hybridized carbons (Fsp3) is 1.00. The molecule has 0 saturated heterocycles. The smallest absolute Gasteiger partial charge is 0.0324 e. The van der Waals surface area contributed by atoms with Crippen molar-refractivity contribution >= 4 is 0 Å². The summed E-state index contributed by atoms with van der Waals surface area (Å²) in [5.74, 6) is 0. The van der Waals surface area contributed by atoms with Crippen molar-refractivity contribution in [3.05, 3.63) is 0 Å². The first-order valence-electron chi connectivity index (χ1n) is 5.02. The average Bonchev–Trinajstić information content (AvgIpc) is 2.38. The van der Waals surface area contributed by atoms with E-state index >= 15 is 0 Å². The van der Waals surface area contributed by atoms with Crippen LogP contribution in [-0.4, -0.2) is 5.54 Å². The summed E-state index contributed by atoms with van der Waals surface area (Å²) in [6.07, 6.45) is 9.97. The van der Waals surface area contributed by atoms with E-state index in [0.29, 0.717) is 0 Å². The summed E-state index contributed by atoms with van der Waals surface area (Å²) in [6.45, 7) is 2.23. The van der Waals surface area contributed by atoms with E-state index < -0.39 is 0 Å². The number of rotatable bonds is 4. The van der Waals surface area contributed by atoms with Crippen molar-refractivity contribution in [3.63, 3.8) is 0 Å². The van der Waals surface area contributed by atoms with Crippen LogP contribution in [0.4, 0.5) is 0 Å². The van der Waals surface area contributed by atoms with E-state index in [2.05, 4.69) is 6.92 Å². The molecule has 65 valence electrons. The molecule has 1 heteroatoms. The molecule has 1 rings (SSSR count). The molecule has 0 atom stereocenters. The van der Waals surface area contributed by atoms with Crippen molar-refractivity contribution in [1.82, 2.24) is 5.73 Å². The lowest BCUT2D eigenvalue weighted by Crippen LogP contribution is -2.25. The van der Waals surface area contributed by atoms with Gasteiger partial charge in [0.15, 0.2) is 0 Å². The van der Waals surface area contributed by atoms with E-state index in [4.69, 9.17) is 5.73 Å². The van der Waals surface area contributed by atoms with Gasteiger partial charge in [0.25, 0.3) is 0 Å². The first-order chi connectivity index (χ1) is 5.27. The van der Waals surface area contributed by atoms with E-state index in [1.807, 2.05) is 0 Å². The van der Waals surface area contributed by atoms with Crippen molar-refractivity contribution < 1.29 is 0 Å². The Bertz CT molecular complexity index is 103. The fourth-order valence-corrected chi connectivity index (χ4v) is 2.02. The maximum Gasteiger partial charge on any atom is 0.0324 e. The number of nitrogens with one attached hydrogen (secondary N) is 1. The lowest BCUT2D eigenvalue weighted by molar-refractivity contribution is 0.373. The third-order valence-corrected chi connectivity index (χ3v) is 2.82. The van der Waals surface area contributed by atoms with Crippen LogP contribution in [0.5, 0.6) is 0 Å². The van der Waals surface area contributed by atoms with E-state index in [1.54, 1.807) is 0 Å². The van der Waals surface area contributed by atoms with Gasteiger partial charge in [0, 0.05) is 5.54 Å². The summed E-state index contributed by atoms with van der Waals surface area (Å²) in [5.41, 5.74) is 8.05. The van der Waals surface area contributed by atoms with Crippen molar-refractivity contribution in [1.29, 1.82) is 0 Å². The van der Waals surface area contributed by atoms with Crippen LogP contribution in [0.2, 0.25) is 0 Å². The normalized spacial score (nSPS) is 22.4. The minimum Gasteiger partial charge on any atom is -0.251 e. The third-order valence-electron chi connectivity index (χ3n) is 2.82. The summed E-state index contributed by atoms with van der Waals surface area (Å²) in [7, 11) is 0. The fourth-order valence-electron chi connectivity index (χ4n) is 2.02. The molecule has 1 nitrogen and oxygen atoms in total. The summed E-state index contributed by atoms with van der Waals surface area (Å²) in [6, 6.07) is 0. The van der Waals surface area contributed by atoms with Gasteiger partial charge in [-0.3, -0.25) is 5.73 Å². The zero-order chi connectivity index (χ0) is 8.16.